The third kappa shape index (κ3) is 4.23. The van der Waals surface area contributed by atoms with E-state index in [1.165, 1.54) is 0 Å². The molecule has 23 heavy (non-hydrogen) atoms. The van der Waals surface area contributed by atoms with E-state index in [0.29, 0.717) is 12.2 Å². The molecule has 0 bridgehead atoms. The monoisotopic (exact) mass is 407 g/mol. The van der Waals surface area contributed by atoms with Gasteiger partial charge in [0.15, 0.2) is 18.3 Å². The molecule has 2 rings (SSSR count). The van der Waals surface area contributed by atoms with Crippen molar-refractivity contribution >= 4 is 45.3 Å². The standard InChI is InChI=1S/C14H15BrClNO6/c15-22-11(7-19)14(23-16)13(10(20)6-18)21-12-5-8-3-1-2-4-9(8)17-12/h1-6,10-11,13-14,17,19-20H,7H2/t10-,11+,13+,14-/m0/s1. The Kier molecular flexibility index (Phi) is 6.82. The summed E-state index contributed by atoms with van der Waals surface area (Å²) in [5, 5.41) is 20.1. The van der Waals surface area contributed by atoms with Crippen LogP contribution in [0.5, 0.6) is 5.88 Å². The maximum Gasteiger partial charge on any atom is 0.192 e. The van der Waals surface area contributed by atoms with E-state index in [2.05, 4.69) is 21.2 Å². The van der Waals surface area contributed by atoms with Gasteiger partial charge in [-0.25, -0.2) is 0 Å². The lowest BCUT2D eigenvalue weighted by atomic mass is 10.0. The first kappa shape index (κ1) is 18.2. The molecule has 0 unspecified atom stereocenters. The van der Waals surface area contributed by atoms with Gasteiger partial charge in [0.1, 0.15) is 18.3 Å². The molecule has 1 aromatic heterocycles. The summed E-state index contributed by atoms with van der Waals surface area (Å²) in [6, 6.07) is 9.14. The van der Waals surface area contributed by atoms with Gasteiger partial charge >= 0.3 is 0 Å². The Morgan fingerprint density at radius 3 is 2.65 bits per heavy atom. The van der Waals surface area contributed by atoms with Gasteiger partial charge in [0.2, 0.25) is 0 Å². The highest BCUT2D eigenvalue weighted by Crippen LogP contribution is 2.24. The van der Waals surface area contributed by atoms with Crippen LogP contribution in [0.25, 0.3) is 10.9 Å². The second-order valence-corrected chi connectivity index (χ2v) is 5.35. The first-order chi connectivity index (χ1) is 11.1. The van der Waals surface area contributed by atoms with Gasteiger partial charge < -0.3 is 24.7 Å². The zero-order valence-electron chi connectivity index (χ0n) is 11.8. The Balaban J connectivity index is 2.28. The molecule has 126 valence electrons. The maximum atomic E-state index is 11.0. The number of ether oxygens (including phenoxy) is 1. The lowest BCUT2D eigenvalue weighted by Gasteiger charge is -2.29. The zero-order valence-corrected chi connectivity index (χ0v) is 14.1. The molecule has 0 fully saturated rings. The summed E-state index contributed by atoms with van der Waals surface area (Å²) in [6.45, 7) is -0.471. The van der Waals surface area contributed by atoms with Crippen molar-refractivity contribution in [2.75, 3.05) is 6.61 Å². The van der Waals surface area contributed by atoms with Gasteiger partial charge in [0, 0.05) is 17.0 Å². The summed E-state index contributed by atoms with van der Waals surface area (Å²) in [5.41, 5.74) is 0.820. The van der Waals surface area contributed by atoms with Crippen LogP contribution in [0.2, 0.25) is 0 Å². The fraction of sp³-hybridized carbons (Fsp3) is 0.357. The number of hydrogen-bond donors (Lipinski definition) is 3. The molecule has 1 heterocycles. The van der Waals surface area contributed by atoms with Gasteiger partial charge in [0.25, 0.3) is 0 Å². The number of H-pyrrole nitrogens is 1. The minimum atomic E-state index is -1.54. The third-order valence-electron chi connectivity index (χ3n) is 3.33. The molecule has 4 atom stereocenters. The quantitative estimate of drug-likeness (QED) is 0.546. The highest BCUT2D eigenvalue weighted by atomic mass is 79.9. The largest absolute Gasteiger partial charge is 0.469 e. The van der Waals surface area contributed by atoms with Gasteiger partial charge in [-0.1, -0.05) is 18.2 Å². The minimum Gasteiger partial charge on any atom is -0.469 e. The second kappa shape index (κ2) is 8.62. The molecule has 0 saturated carbocycles. The summed E-state index contributed by atoms with van der Waals surface area (Å²) < 4.78 is 15.2. The number of aromatic amines is 1. The predicted molar refractivity (Wildman–Crippen MR) is 86.4 cm³/mol. The average Bonchev–Trinajstić information content (AvgIpc) is 2.99. The van der Waals surface area contributed by atoms with Crippen molar-refractivity contribution in [2.45, 2.75) is 24.4 Å². The number of nitrogens with one attached hydrogen (secondary N) is 1. The van der Waals surface area contributed by atoms with E-state index >= 15 is 0 Å². The number of aromatic nitrogens is 1. The molecule has 1 aromatic carbocycles. The van der Waals surface area contributed by atoms with E-state index < -0.39 is 31.0 Å². The lowest BCUT2D eigenvalue weighted by molar-refractivity contribution is -0.127. The number of hydrogen-bond acceptors (Lipinski definition) is 6. The number of aldehydes is 1. The number of fused-ring (bicyclic) bond motifs is 1. The number of aliphatic hydroxyl groups is 2. The normalized spacial score (nSPS) is 16.7. The van der Waals surface area contributed by atoms with Crippen molar-refractivity contribution in [2.24, 2.45) is 0 Å². The number of aliphatic hydroxyl groups excluding tert-OH is 2. The Morgan fingerprint density at radius 2 is 2.09 bits per heavy atom. The molecule has 0 saturated heterocycles. The van der Waals surface area contributed by atoms with Crippen molar-refractivity contribution in [1.29, 1.82) is 0 Å². The zero-order chi connectivity index (χ0) is 16.8. The molecule has 0 aliphatic heterocycles. The van der Waals surface area contributed by atoms with Crippen LogP contribution in [-0.4, -0.2) is 52.5 Å². The average molecular weight is 409 g/mol. The number of rotatable bonds is 9. The Bertz CT molecular complexity index is 602. The fourth-order valence-electron chi connectivity index (χ4n) is 2.17. The second-order valence-electron chi connectivity index (χ2n) is 4.79. The third-order valence-corrected chi connectivity index (χ3v) is 4.02. The van der Waals surface area contributed by atoms with Crippen LogP contribution in [0, 0.1) is 0 Å². The number of carbonyl (C=O) groups is 1. The number of halogens is 2. The Labute approximate surface area is 145 Å². The van der Waals surface area contributed by atoms with Crippen molar-refractivity contribution in [1.82, 2.24) is 4.98 Å². The highest BCUT2D eigenvalue weighted by molar-refractivity contribution is 9.06. The summed E-state index contributed by atoms with van der Waals surface area (Å²) in [4.78, 5) is 14.0. The molecule has 0 aliphatic rings. The van der Waals surface area contributed by atoms with Crippen molar-refractivity contribution in [3.63, 3.8) is 0 Å². The summed E-state index contributed by atoms with van der Waals surface area (Å²) in [7, 11) is 0. The number of carbonyl (C=O) groups excluding carboxylic acids is 1. The first-order valence-corrected chi connectivity index (χ1v) is 7.63. The van der Waals surface area contributed by atoms with Crippen molar-refractivity contribution in [3.8, 4) is 5.88 Å². The van der Waals surface area contributed by atoms with E-state index in [1.807, 2.05) is 24.3 Å². The molecule has 9 heteroatoms. The van der Waals surface area contributed by atoms with Gasteiger partial charge in [-0.05, 0) is 6.07 Å². The van der Waals surface area contributed by atoms with Crippen molar-refractivity contribution < 1.29 is 27.9 Å². The molecular weight excluding hydrogens is 394 g/mol. The Hall–Kier alpha value is -1.16. The van der Waals surface area contributed by atoms with Gasteiger partial charge in [-0.15, -0.1) is 0 Å². The van der Waals surface area contributed by atoms with E-state index in [1.54, 1.807) is 6.07 Å². The molecule has 0 amide bonds. The lowest BCUT2D eigenvalue weighted by Crippen LogP contribution is -2.50. The molecule has 7 nitrogen and oxygen atoms in total. The van der Waals surface area contributed by atoms with Crippen LogP contribution >= 0.6 is 28.1 Å². The smallest absolute Gasteiger partial charge is 0.192 e. The predicted octanol–water partition coefficient (Wildman–Crippen LogP) is 1.70. The van der Waals surface area contributed by atoms with Crippen LogP contribution in [0.3, 0.4) is 0 Å². The molecule has 0 radical (unpaired) electrons. The van der Waals surface area contributed by atoms with E-state index in [9.17, 15) is 15.0 Å². The number of benzene rings is 1. The maximum absolute atomic E-state index is 11.0. The van der Waals surface area contributed by atoms with Crippen molar-refractivity contribution in [3.05, 3.63) is 30.3 Å². The molecule has 2 aromatic rings. The SMILES string of the molecule is O=C[C@H](O)[C@@H](Oc1cc2ccccc2[nH]1)[C@@H](OCl)[C@@H](CO)OBr. The van der Waals surface area contributed by atoms with Crippen LogP contribution in [0.1, 0.15) is 0 Å². The van der Waals surface area contributed by atoms with Gasteiger partial charge in [-0.2, -0.15) is 0 Å². The van der Waals surface area contributed by atoms with E-state index in [4.69, 9.17) is 24.7 Å². The topological polar surface area (TPSA) is 101 Å². The van der Waals surface area contributed by atoms with E-state index in [-0.39, 0.29) is 0 Å². The first-order valence-electron chi connectivity index (χ1n) is 6.68. The van der Waals surface area contributed by atoms with Crippen LogP contribution in [0.4, 0.5) is 0 Å². The van der Waals surface area contributed by atoms with Gasteiger partial charge in [0.05, 0.1) is 34.7 Å². The van der Waals surface area contributed by atoms with Gasteiger partial charge in [-0.3, -0.25) is 8.12 Å². The van der Waals surface area contributed by atoms with Crippen LogP contribution < -0.4 is 4.74 Å². The molecule has 0 spiro atoms. The highest BCUT2D eigenvalue weighted by Gasteiger charge is 2.38. The number of para-hydroxylation sites is 1. The summed E-state index contributed by atoms with van der Waals surface area (Å²) >= 11 is 8.17. The van der Waals surface area contributed by atoms with Crippen LogP contribution in [-0.2, 0) is 12.9 Å². The minimum absolute atomic E-state index is 0.291. The van der Waals surface area contributed by atoms with E-state index in [0.717, 1.165) is 10.9 Å². The summed E-state index contributed by atoms with van der Waals surface area (Å²) in [6.07, 6.45) is -4.53. The molecule has 3 N–H and O–H groups in total. The molecule has 0 aliphatic carbocycles. The fourth-order valence-corrected chi connectivity index (χ4v) is 2.71. The summed E-state index contributed by atoms with van der Waals surface area (Å²) in [5.74, 6) is 0.307. The Morgan fingerprint density at radius 1 is 1.35 bits per heavy atom. The molecular formula is C14H15BrClNO6. The van der Waals surface area contributed by atoms with Crippen LogP contribution in [0.15, 0.2) is 30.3 Å².